The monoisotopic (exact) mass is 661 g/mol. The molecule has 0 fully saturated rings. The summed E-state index contributed by atoms with van der Waals surface area (Å²) in [5.41, 5.74) is 3.84. The van der Waals surface area contributed by atoms with Crippen molar-refractivity contribution in [2.45, 2.75) is 11.8 Å². The first-order chi connectivity index (χ1) is 22.5. The predicted molar refractivity (Wildman–Crippen MR) is 175 cm³/mol. The van der Waals surface area contributed by atoms with Gasteiger partial charge in [0.2, 0.25) is 0 Å². The predicted octanol–water partition coefficient (Wildman–Crippen LogP) is 4.28. The number of nitro benzene ring substituents is 1. The number of nitrogens with zero attached hydrogens (tertiary/aromatic N) is 3. The number of sulfonamides is 1. The lowest BCUT2D eigenvalue weighted by molar-refractivity contribution is -0.387. The first-order valence-corrected chi connectivity index (χ1v) is 15.4. The van der Waals surface area contributed by atoms with Crippen molar-refractivity contribution < 1.29 is 37.1 Å². The van der Waals surface area contributed by atoms with Gasteiger partial charge in [-0.05, 0) is 67.1 Å². The topological polar surface area (TPSA) is 179 Å². The zero-order valence-electron chi connectivity index (χ0n) is 25.6. The third-order valence-electron chi connectivity index (χ3n) is 6.56. The highest BCUT2D eigenvalue weighted by molar-refractivity contribution is 7.93. The van der Waals surface area contributed by atoms with Crippen LogP contribution in [0.3, 0.4) is 0 Å². The Morgan fingerprint density at radius 3 is 2.26 bits per heavy atom. The summed E-state index contributed by atoms with van der Waals surface area (Å²) in [7, 11) is -1.96. The number of nitro groups is 1. The highest BCUT2D eigenvalue weighted by Gasteiger charge is 2.34. The third kappa shape index (κ3) is 8.82. The van der Waals surface area contributed by atoms with Crippen LogP contribution in [-0.4, -0.2) is 58.7 Å². The van der Waals surface area contributed by atoms with Crippen LogP contribution in [0.15, 0.2) is 101 Å². The summed E-state index contributed by atoms with van der Waals surface area (Å²) >= 11 is 0. The summed E-state index contributed by atoms with van der Waals surface area (Å²) in [4.78, 5) is 35.4. The molecule has 2 N–H and O–H groups in total. The van der Waals surface area contributed by atoms with Gasteiger partial charge in [0, 0.05) is 17.8 Å². The van der Waals surface area contributed by atoms with Gasteiger partial charge < -0.3 is 19.5 Å². The Morgan fingerprint density at radius 2 is 1.60 bits per heavy atom. The van der Waals surface area contributed by atoms with E-state index in [9.17, 15) is 28.1 Å². The normalized spacial score (nSPS) is 11.0. The van der Waals surface area contributed by atoms with Gasteiger partial charge in [0.05, 0.1) is 31.0 Å². The van der Waals surface area contributed by atoms with Crippen LogP contribution in [0.2, 0.25) is 0 Å². The zero-order valence-corrected chi connectivity index (χ0v) is 26.4. The molecule has 4 aromatic rings. The zero-order chi connectivity index (χ0) is 34.0. The Morgan fingerprint density at radius 1 is 0.915 bits per heavy atom. The number of hydrazone groups is 1. The van der Waals surface area contributed by atoms with Gasteiger partial charge >= 0.3 is 0 Å². The number of methoxy groups -OCH3 is 2. The van der Waals surface area contributed by atoms with Crippen LogP contribution in [0.4, 0.5) is 17.1 Å². The molecule has 0 heterocycles. The Kier molecular flexibility index (Phi) is 11.1. The fourth-order valence-corrected chi connectivity index (χ4v) is 5.80. The molecule has 0 spiro atoms. The van der Waals surface area contributed by atoms with Gasteiger partial charge in [-0.15, -0.1) is 0 Å². The molecule has 0 aromatic heterocycles. The molecule has 0 aliphatic carbocycles. The number of amides is 2. The number of para-hydroxylation sites is 1. The van der Waals surface area contributed by atoms with Crippen LogP contribution in [0.1, 0.15) is 11.1 Å². The van der Waals surface area contributed by atoms with Gasteiger partial charge in [-0.25, -0.2) is 13.8 Å². The van der Waals surface area contributed by atoms with Crippen LogP contribution in [0.5, 0.6) is 17.2 Å². The van der Waals surface area contributed by atoms with Crippen molar-refractivity contribution in [2.24, 2.45) is 5.10 Å². The van der Waals surface area contributed by atoms with Crippen molar-refractivity contribution in [3.63, 3.8) is 0 Å². The minimum absolute atomic E-state index is 0.0396. The van der Waals surface area contributed by atoms with E-state index in [0.717, 1.165) is 17.7 Å². The van der Waals surface area contributed by atoms with Gasteiger partial charge in [0.25, 0.3) is 27.5 Å². The highest BCUT2D eigenvalue weighted by Crippen LogP contribution is 2.37. The largest absolute Gasteiger partial charge is 0.497 e. The second-order valence-corrected chi connectivity index (χ2v) is 11.7. The van der Waals surface area contributed by atoms with Crippen LogP contribution >= 0.6 is 0 Å². The minimum atomic E-state index is -4.67. The van der Waals surface area contributed by atoms with Gasteiger partial charge in [0.15, 0.2) is 11.5 Å². The molecule has 14 nitrogen and oxygen atoms in total. The van der Waals surface area contributed by atoms with E-state index in [4.69, 9.17) is 14.2 Å². The van der Waals surface area contributed by atoms with Gasteiger partial charge in [0.1, 0.15) is 23.8 Å². The van der Waals surface area contributed by atoms with Crippen molar-refractivity contribution in [3.05, 3.63) is 112 Å². The number of carbonyl (C=O) groups is 2. The Bertz CT molecular complexity index is 1880. The average Bonchev–Trinajstić information content (AvgIpc) is 3.07. The maximum Gasteiger partial charge on any atom is 0.289 e. The summed E-state index contributed by atoms with van der Waals surface area (Å²) in [5.74, 6) is -0.356. The van der Waals surface area contributed by atoms with E-state index in [1.165, 1.54) is 50.8 Å². The van der Waals surface area contributed by atoms with Crippen LogP contribution < -0.4 is 29.3 Å². The number of rotatable bonds is 14. The molecule has 4 rings (SSSR count). The summed E-state index contributed by atoms with van der Waals surface area (Å²) in [5, 5.41) is 18.3. The maximum atomic E-state index is 13.8. The van der Waals surface area contributed by atoms with E-state index in [-0.39, 0.29) is 24.0 Å². The molecule has 0 atom stereocenters. The van der Waals surface area contributed by atoms with Crippen LogP contribution in [0.25, 0.3) is 0 Å². The van der Waals surface area contributed by atoms with Crippen LogP contribution in [-0.2, 0) is 19.6 Å². The molecular formula is C32H31N5O9S. The van der Waals surface area contributed by atoms with Gasteiger partial charge in [-0.2, -0.15) is 5.10 Å². The molecule has 0 aliphatic heterocycles. The second-order valence-electron chi connectivity index (χ2n) is 9.84. The fraction of sp³-hybridized carbons (Fsp3) is 0.156. The Hall–Kier alpha value is -5.96. The van der Waals surface area contributed by atoms with Crippen molar-refractivity contribution >= 4 is 45.1 Å². The number of aryl methyl sites for hydroxylation is 1. The lowest BCUT2D eigenvalue weighted by atomic mass is 10.2. The third-order valence-corrected chi connectivity index (χ3v) is 8.37. The lowest BCUT2D eigenvalue weighted by Gasteiger charge is -2.25. The molecule has 0 saturated heterocycles. The number of carbonyl (C=O) groups excluding carboxylic acids is 2. The summed E-state index contributed by atoms with van der Waals surface area (Å²) in [6.07, 6.45) is 1.32. The van der Waals surface area contributed by atoms with Crippen molar-refractivity contribution in [3.8, 4) is 17.2 Å². The molecule has 0 radical (unpaired) electrons. The van der Waals surface area contributed by atoms with Crippen molar-refractivity contribution in [2.75, 3.05) is 37.0 Å². The molecule has 0 aliphatic rings. The number of ether oxygens (including phenoxy) is 3. The van der Waals surface area contributed by atoms with Crippen LogP contribution in [0, 0.1) is 17.0 Å². The van der Waals surface area contributed by atoms with E-state index in [0.29, 0.717) is 27.1 Å². The number of benzene rings is 4. The number of hydrogen-bond donors (Lipinski definition) is 2. The standard InChI is InChI=1S/C32H31N5O9S/c1-22-8-12-24(13-9-22)34-32(39)21-46-25-14-10-23(11-15-25)19-33-35-31(38)20-36(27-17-16-26(44-2)18-29(27)45-3)47(42,43)30-7-5-4-6-28(30)37(40)41/h4-19H,20-21H2,1-3H3,(H,34,39)(H,35,38)/b33-19+. The molecule has 15 heteroatoms. The molecule has 0 unspecified atom stereocenters. The molecule has 0 saturated carbocycles. The Labute approximate surface area is 270 Å². The molecule has 4 aromatic carbocycles. The summed E-state index contributed by atoms with van der Waals surface area (Å²) in [6.45, 7) is 0.941. The molecule has 2 amide bonds. The smallest absolute Gasteiger partial charge is 0.289 e. The average molecular weight is 662 g/mol. The number of hydrogen-bond acceptors (Lipinski definition) is 10. The Balaban J connectivity index is 1.45. The minimum Gasteiger partial charge on any atom is -0.497 e. The molecule has 0 bridgehead atoms. The maximum absolute atomic E-state index is 13.8. The molecular weight excluding hydrogens is 630 g/mol. The van der Waals surface area contributed by atoms with E-state index in [2.05, 4.69) is 15.8 Å². The van der Waals surface area contributed by atoms with Crippen molar-refractivity contribution in [1.82, 2.24) is 5.43 Å². The highest BCUT2D eigenvalue weighted by atomic mass is 32.2. The first kappa shape index (κ1) is 33.9. The quantitative estimate of drug-likeness (QED) is 0.113. The molecule has 244 valence electrons. The SMILES string of the molecule is COc1ccc(N(CC(=O)N/N=C/c2ccc(OCC(=O)Nc3ccc(C)cc3)cc2)S(=O)(=O)c2ccccc2[N+](=O)[O-])c(OC)c1. The van der Waals surface area contributed by atoms with E-state index >= 15 is 0 Å². The number of anilines is 2. The van der Waals surface area contributed by atoms with E-state index in [1.807, 2.05) is 19.1 Å². The first-order valence-electron chi connectivity index (χ1n) is 13.9. The number of nitrogens with one attached hydrogen (secondary N) is 2. The molecule has 47 heavy (non-hydrogen) atoms. The van der Waals surface area contributed by atoms with Gasteiger partial charge in [-0.1, -0.05) is 29.8 Å². The fourth-order valence-electron chi connectivity index (χ4n) is 4.21. The van der Waals surface area contributed by atoms with E-state index < -0.39 is 38.0 Å². The second kappa shape index (κ2) is 15.4. The summed E-state index contributed by atoms with van der Waals surface area (Å²) in [6, 6.07) is 22.9. The van der Waals surface area contributed by atoms with E-state index in [1.54, 1.807) is 36.4 Å². The van der Waals surface area contributed by atoms with Gasteiger partial charge in [-0.3, -0.25) is 24.0 Å². The van der Waals surface area contributed by atoms with Crippen molar-refractivity contribution in [1.29, 1.82) is 0 Å². The lowest BCUT2D eigenvalue weighted by Crippen LogP contribution is -2.40. The summed E-state index contributed by atoms with van der Waals surface area (Å²) < 4.78 is 44.4.